The van der Waals surface area contributed by atoms with Gasteiger partial charge < -0.3 is 19.3 Å². The number of fused-ring (bicyclic) bond motifs is 4. The summed E-state index contributed by atoms with van der Waals surface area (Å²) in [6, 6.07) is 0. The van der Waals surface area contributed by atoms with E-state index in [2.05, 4.69) is 13.5 Å². The number of carbonyl (C=O) groups excluding carboxylic acids is 3. The Labute approximate surface area is 169 Å². The number of hydrogen-bond acceptors (Lipinski definition) is 7. The lowest BCUT2D eigenvalue weighted by molar-refractivity contribution is -0.245. The van der Waals surface area contributed by atoms with Gasteiger partial charge in [-0.3, -0.25) is 14.4 Å². The van der Waals surface area contributed by atoms with E-state index in [1.54, 1.807) is 0 Å². The maximum Gasteiger partial charge on any atom is 0.320 e. The molecule has 0 amide bonds. The number of esters is 2. The summed E-state index contributed by atoms with van der Waals surface area (Å²) in [5.74, 6) is -2.26. The number of aliphatic hydroxyl groups is 1. The molecule has 0 aromatic carbocycles. The highest BCUT2D eigenvalue weighted by molar-refractivity contribution is 6.15. The Bertz CT molecular complexity index is 820. The van der Waals surface area contributed by atoms with E-state index in [1.807, 2.05) is 0 Å². The number of allylic oxidation sites excluding steroid dienone is 1. The molecule has 2 saturated heterocycles. The summed E-state index contributed by atoms with van der Waals surface area (Å²) in [5, 5.41) is 11.3. The number of cyclic esters (lactones) is 1. The van der Waals surface area contributed by atoms with Crippen molar-refractivity contribution in [3.63, 3.8) is 0 Å². The fourth-order valence-corrected chi connectivity index (χ4v) is 7.65. The largest absolute Gasteiger partial charge is 0.464 e. The zero-order chi connectivity index (χ0) is 20.8. The Hall–Kier alpha value is -1.73. The Kier molecular flexibility index (Phi) is 3.92. The van der Waals surface area contributed by atoms with Gasteiger partial charge in [0.15, 0.2) is 5.78 Å². The van der Waals surface area contributed by atoms with Crippen molar-refractivity contribution in [2.24, 2.45) is 34.0 Å². The average molecular weight is 404 g/mol. The van der Waals surface area contributed by atoms with Gasteiger partial charge in [-0.2, -0.15) is 0 Å². The van der Waals surface area contributed by atoms with Gasteiger partial charge in [0.2, 0.25) is 6.29 Å². The van der Waals surface area contributed by atoms with Gasteiger partial charge >= 0.3 is 11.9 Å². The third-order valence-corrected chi connectivity index (χ3v) is 8.55. The molecule has 158 valence electrons. The number of ketones is 1. The number of rotatable bonds is 1. The predicted octanol–water partition coefficient (Wildman–Crippen LogP) is 1.77. The quantitative estimate of drug-likeness (QED) is 0.404. The second-order valence-corrected chi connectivity index (χ2v) is 10.1. The van der Waals surface area contributed by atoms with Gasteiger partial charge in [0.25, 0.3) is 0 Å². The molecule has 2 bridgehead atoms. The van der Waals surface area contributed by atoms with Gasteiger partial charge in [-0.05, 0) is 37.2 Å². The second kappa shape index (κ2) is 5.91. The molecule has 1 N–H and O–H groups in total. The zero-order valence-electron chi connectivity index (χ0n) is 16.9. The zero-order valence-corrected chi connectivity index (χ0v) is 16.9. The van der Waals surface area contributed by atoms with E-state index in [1.165, 1.54) is 6.92 Å². The van der Waals surface area contributed by atoms with Crippen molar-refractivity contribution in [2.45, 2.75) is 58.3 Å². The molecule has 0 radical (unpaired) electrons. The number of Topliss-reactive ketones (excluding diaryl/α,β-unsaturated/α-hetero) is 1. The Morgan fingerprint density at radius 3 is 2.72 bits per heavy atom. The van der Waals surface area contributed by atoms with E-state index < -0.39 is 41.1 Å². The van der Waals surface area contributed by atoms with E-state index in [0.717, 1.165) is 12.8 Å². The van der Waals surface area contributed by atoms with Gasteiger partial charge in [-0.25, -0.2) is 0 Å². The SMILES string of the molecule is C=C1C(=O)[C@]23C[C@H]1C[C@@H](O)[C@H]2[C@@]1(CCC[C@@]2(C)CO[C@H](OC(C)=O)[C@H]21)COC3=O. The average Bonchev–Trinajstić information content (AvgIpc) is 3.08. The summed E-state index contributed by atoms with van der Waals surface area (Å²) in [4.78, 5) is 38.2. The Morgan fingerprint density at radius 1 is 1.24 bits per heavy atom. The fraction of sp³-hybridized carbons (Fsp3) is 0.773. The summed E-state index contributed by atoms with van der Waals surface area (Å²) in [7, 11) is 0. The molecule has 3 aliphatic carbocycles. The molecule has 5 rings (SSSR count). The van der Waals surface area contributed by atoms with Crippen LogP contribution in [0.2, 0.25) is 0 Å². The van der Waals surface area contributed by atoms with E-state index >= 15 is 0 Å². The van der Waals surface area contributed by atoms with Crippen LogP contribution in [0.1, 0.15) is 46.0 Å². The summed E-state index contributed by atoms with van der Waals surface area (Å²) in [6.45, 7) is 7.94. The maximum atomic E-state index is 13.3. The van der Waals surface area contributed by atoms with Crippen molar-refractivity contribution in [2.75, 3.05) is 13.2 Å². The van der Waals surface area contributed by atoms with Crippen molar-refractivity contribution in [1.29, 1.82) is 0 Å². The molecule has 3 saturated carbocycles. The smallest absolute Gasteiger partial charge is 0.320 e. The van der Waals surface area contributed by atoms with Crippen molar-refractivity contribution in [1.82, 2.24) is 0 Å². The van der Waals surface area contributed by atoms with Crippen molar-refractivity contribution < 1.29 is 33.7 Å². The van der Waals surface area contributed by atoms with Gasteiger partial charge in [0.05, 0.1) is 19.3 Å². The molecular weight excluding hydrogens is 376 g/mol. The van der Waals surface area contributed by atoms with E-state index in [-0.39, 0.29) is 29.6 Å². The highest BCUT2D eigenvalue weighted by Gasteiger charge is 2.76. The summed E-state index contributed by atoms with van der Waals surface area (Å²) in [5.41, 5.74) is -1.90. The molecule has 0 aromatic heterocycles. The lowest BCUT2D eigenvalue weighted by atomic mass is 9.44. The van der Waals surface area contributed by atoms with Crippen molar-refractivity contribution >= 4 is 17.7 Å². The molecule has 5 fully saturated rings. The van der Waals surface area contributed by atoms with Crippen LogP contribution in [0.25, 0.3) is 0 Å². The minimum atomic E-state index is -1.38. The van der Waals surface area contributed by atoms with Crippen molar-refractivity contribution in [3.8, 4) is 0 Å². The predicted molar refractivity (Wildman–Crippen MR) is 99.1 cm³/mol. The van der Waals surface area contributed by atoms with Gasteiger partial charge in [-0.15, -0.1) is 0 Å². The maximum absolute atomic E-state index is 13.3. The normalized spacial score (nSPS) is 50.9. The highest BCUT2D eigenvalue weighted by atomic mass is 16.7. The third-order valence-electron chi connectivity index (χ3n) is 8.55. The van der Waals surface area contributed by atoms with Crippen molar-refractivity contribution in [3.05, 3.63) is 12.2 Å². The summed E-state index contributed by atoms with van der Waals surface area (Å²) < 4.78 is 17.2. The monoisotopic (exact) mass is 404 g/mol. The van der Waals surface area contributed by atoms with Gasteiger partial charge in [-0.1, -0.05) is 19.9 Å². The molecule has 8 atom stereocenters. The van der Waals surface area contributed by atoms with Gasteiger partial charge in [0, 0.05) is 29.6 Å². The third kappa shape index (κ3) is 2.23. The molecule has 5 aliphatic rings. The number of carbonyl (C=O) groups is 3. The van der Waals surface area contributed by atoms with E-state index in [9.17, 15) is 19.5 Å². The lowest BCUT2D eigenvalue weighted by Gasteiger charge is -2.61. The van der Waals surface area contributed by atoms with Crippen LogP contribution in [-0.4, -0.2) is 48.4 Å². The molecule has 29 heavy (non-hydrogen) atoms. The molecule has 0 unspecified atom stereocenters. The highest BCUT2D eigenvalue weighted by Crippen LogP contribution is 2.69. The first-order chi connectivity index (χ1) is 13.7. The van der Waals surface area contributed by atoms with E-state index in [0.29, 0.717) is 31.4 Å². The Morgan fingerprint density at radius 2 is 2.00 bits per heavy atom. The fourth-order valence-electron chi connectivity index (χ4n) is 7.65. The number of aliphatic hydroxyl groups excluding tert-OH is 1. The summed E-state index contributed by atoms with van der Waals surface area (Å²) >= 11 is 0. The molecule has 7 heteroatoms. The standard InChI is InChI=1S/C22H28O7/c1-11-13-7-14(24)15-21(10-28-19(26)22(15,8-13)17(11)25)6-4-5-20(3)9-27-18(16(20)21)29-12(2)23/h13-16,18,24H,1,4-10H2,2-3H3/t13-,14-,15+,16-,18-,20+,21-,22+/m1/s1. The number of ether oxygens (including phenoxy) is 3. The van der Waals surface area contributed by atoms with Crippen LogP contribution in [0.15, 0.2) is 12.2 Å². The number of hydrogen-bond donors (Lipinski definition) is 1. The van der Waals surface area contributed by atoms with Crippen LogP contribution in [0.4, 0.5) is 0 Å². The van der Waals surface area contributed by atoms with Gasteiger partial charge in [0.1, 0.15) is 5.41 Å². The molecular formula is C22H28O7. The minimum Gasteiger partial charge on any atom is -0.464 e. The van der Waals surface area contributed by atoms with Crippen LogP contribution in [-0.2, 0) is 28.6 Å². The van der Waals surface area contributed by atoms with Crippen LogP contribution in [0, 0.1) is 34.0 Å². The first-order valence-electron chi connectivity index (χ1n) is 10.5. The molecule has 2 heterocycles. The second-order valence-electron chi connectivity index (χ2n) is 10.1. The first-order valence-corrected chi connectivity index (χ1v) is 10.5. The lowest BCUT2D eigenvalue weighted by Crippen LogP contribution is -2.67. The first kappa shape index (κ1) is 19.2. The molecule has 2 aliphatic heterocycles. The topological polar surface area (TPSA) is 99.1 Å². The van der Waals surface area contributed by atoms with Crippen LogP contribution < -0.4 is 0 Å². The Balaban J connectivity index is 1.67. The molecule has 2 spiro atoms. The molecule has 0 aromatic rings. The minimum absolute atomic E-state index is 0.112. The van der Waals surface area contributed by atoms with Crippen LogP contribution >= 0.6 is 0 Å². The summed E-state index contributed by atoms with van der Waals surface area (Å²) in [6.07, 6.45) is 1.66. The van der Waals surface area contributed by atoms with Crippen LogP contribution in [0.3, 0.4) is 0 Å². The van der Waals surface area contributed by atoms with E-state index in [4.69, 9.17) is 14.2 Å². The molecule has 7 nitrogen and oxygen atoms in total. The van der Waals surface area contributed by atoms with Crippen LogP contribution in [0.5, 0.6) is 0 Å².